The molecule has 1 amide bonds. The van der Waals surface area contributed by atoms with Crippen molar-refractivity contribution in [3.63, 3.8) is 0 Å². The third kappa shape index (κ3) is 6.09. The summed E-state index contributed by atoms with van der Waals surface area (Å²) in [5.74, 6) is 1.48. The highest BCUT2D eigenvalue weighted by Crippen LogP contribution is 2.28. The lowest BCUT2D eigenvalue weighted by Gasteiger charge is -2.40. The van der Waals surface area contributed by atoms with Gasteiger partial charge in [-0.25, -0.2) is 24.7 Å². The first-order valence-corrected chi connectivity index (χ1v) is 14.7. The highest BCUT2D eigenvalue weighted by atomic mass is 16.6. The lowest BCUT2D eigenvalue weighted by molar-refractivity contribution is 0.0158. The molecule has 10 heteroatoms. The van der Waals surface area contributed by atoms with Crippen LogP contribution >= 0.6 is 0 Å². The van der Waals surface area contributed by atoms with Crippen LogP contribution in [0.25, 0.3) is 22.1 Å². The fourth-order valence-electron chi connectivity index (χ4n) is 5.58. The average molecular weight is 579 g/mol. The molecule has 1 atom stereocenters. The van der Waals surface area contributed by atoms with Gasteiger partial charge in [-0.05, 0) is 94.1 Å². The molecule has 4 heterocycles. The van der Waals surface area contributed by atoms with Gasteiger partial charge in [-0.15, -0.1) is 0 Å². The van der Waals surface area contributed by atoms with Crippen molar-refractivity contribution in [2.45, 2.75) is 52.7 Å². The molecule has 0 aliphatic carbocycles. The van der Waals surface area contributed by atoms with E-state index in [1.54, 1.807) is 11.2 Å². The van der Waals surface area contributed by atoms with Crippen LogP contribution < -0.4 is 10.2 Å². The number of nitrogens with one attached hydrogen (secondary N) is 1. The fraction of sp³-hybridized carbons (Fsp3) is 0.364. The summed E-state index contributed by atoms with van der Waals surface area (Å²) < 4.78 is 7.64. The first-order valence-electron chi connectivity index (χ1n) is 14.7. The zero-order valence-corrected chi connectivity index (χ0v) is 25.6. The predicted molar refractivity (Wildman–Crippen MR) is 170 cm³/mol. The van der Waals surface area contributed by atoms with E-state index in [-0.39, 0.29) is 12.1 Å². The minimum Gasteiger partial charge on any atom is -0.444 e. The molecule has 1 aliphatic heterocycles. The summed E-state index contributed by atoms with van der Waals surface area (Å²) in [5, 5.41) is 3.47. The SMILES string of the molecule is Cc1cc(Nc2ncnc3ccc(N4CCN(C(=O)OC(C)(C)C)[C@H](C)C4)nc23)ccc1Cc1ccc2c(c1)ncn2C. The van der Waals surface area contributed by atoms with Gasteiger partial charge >= 0.3 is 6.09 Å². The minimum absolute atomic E-state index is 0.0157. The van der Waals surface area contributed by atoms with Gasteiger partial charge < -0.3 is 24.4 Å². The lowest BCUT2D eigenvalue weighted by atomic mass is 9.99. The van der Waals surface area contributed by atoms with Gasteiger partial charge in [0.05, 0.1) is 22.9 Å². The Morgan fingerprint density at radius 2 is 1.86 bits per heavy atom. The quantitative estimate of drug-likeness (QED) is 0.271. The normalized spacial score (nSPS) is 15.7. The van der Waals surface area contributed by atoms with Crippen molar-refractivity contribution >= 4 is 45.5 Å². The van der Waals surface area contributed by atoms with E-state index in [1.807, 2.05) is 57.8 Å². The molecule has 0 unspecified atom stereocenters. The largest absolute Gasteiger partial charge is 0.444 e. The molecule has 0 spiro atoms. The first kappa shape index (κ1) is 28.4. The molecular weight excluding hydrogens is 540 g/mol. The van der Waals surface area contributed by atoms with Crippen molar-refractivity contribution in [2.24, 2.45) is 7.05 Å². The van der Waals surface area contributed by atoms with Crippen molar-refractivity contribution in [3.05, 3.63) is 77.9 Å². The Kier molecular flexibility index (Phi) is 7.37. The standard InChI is InChI=1S/C33H38N8O2/c1-21-15-25(9-8-24(21)16-23-7-11-28-27(17-23)36-20-39(28)6)37-31-30-26(34-19-35-31)10-12-29(38-30)40-13-14-41(22(2)18-40)32(42)43-33(3,4)5/h7-12,15,17,19-20,22H,13-14,16,18H2,1-6H3,(H,34,35,37)/t22-/m1/s1. The molecule has 5 aromatic rings. The van der Waals surface area contributed by atoms with Crippen LogP contribution in [0.1, 0.15) is 44.4 Å². The van der Waals surface area contributed by atoms with Gasteiger partial charge in [-0.1, -0.05) is 12.1 Å². The van der Waals surface area contributed by atoms with Crippen LogP contribution in [0.2, 0.25) is 0 Å². The molecule has 2 aromatic carbocycles. The molecule has 10 nitrogen and oxygen atoms in total. The third-order valence-corrected chi connectivity index (χ3v) is 7.84. The van der Waals surface area contributed by atoms with Crippen LogP contribution in [-0.4, -0.2) is 66.8 Å². The van der Waals surface area contributed by atoms with E-state index in [9.17, 15) is 4.79 Å². The van der Waals surface area contributed by atoms with Crippen LogP contribution in [0, 0.1) is 6.92 Å². The number of benzene rings is 2. The number of fused-ring (bicyclic) bond motifs is 2. The second kappa shape index (κ2) is 11.2. The van der Waals surface area contributed by atoms with Gasteiger partial charge in [0.25, 0.3) is 0 Å². The van der Waals surface area contributed by atoms with Crippen LogP contribution in [-0.2, 0) is 18.2 Å². The van der Waals surface area contributed by atoms with E-state index in [0.29, 0.717) is 31.0 Å². The van der Waals surface area contributed by atoms with Gasteiger partial charge in [0.15, 0.2) is 5.82 Å². The Hall–Kier alpha value is -4.73. The van der Waals surface area contributed by atoms with E-state index in [0.717, 1.165) is 34.5 Å². The molecule has 0 radical (unpaired) electrons. The van der Waals surface area contributed by atoms with E-state index in [1.165, 1.54) is 16.7 Å². The van der Waals surface area contributed by atoms with Crippen molar-refractivity contribution < 1.29 is 9.53 Å². The number of rotatable bonds is 5. The number of amides is 1. The maximum atomic E-state index is 12.7. The average Bonchev–Trinajstić information content (AvgIpc) is 3.33. The molecule has 43 heavy (non-hydrogen) atoms. The van der Waals surface area contributed by atoms with Crippen molar-refractivity contribution in [2.75, 3.05) is 29.9 Å². The Balaban J connectivity index is 1.18. The maximum Gasteiger partial charge on any atom is 0.410 e. The van der Waals surface area contributed by atoms with Crippen LogP contribution in [0.3, 0.4) is 0 Å². The molecule has 222 valence electrons. The topological polar surface area (TPSA) is 101 Å². The number of pyridine rings is 1. The second-order valence-electron chi connectivity index (χ2n) is 12.3. The molecule has 1 N–H and O–H groups in total. The fourth-order valence-corrected chi connectivity index (χ4v) is 5.58. The number of carbonyl (C=O) groups excluding carboxylic acids is 1. The van der Waals surface area contributed by atoms with Crippen molar-refractivity contribution in [3.8, 4) is 0 Å². The van der Waals surface area contributed by atoms with Gasteiger partial charge in [-0.2, -0.15) is 0 Å². The Bertz CT molecular complexity index is 1810. The second-order valence-corrected chi connectivity index (χ2v) is 12.3. The summed E-state index contributed by atoms with van der Waals surface area (Å²) in [6, 6.07) is 16.8. The number of hydrogen-bond donors (Lipinski definition) is 1. The minimum atomic E-state index is -0.523. The van der Waals surface area contributed by atoms with Crippen molar-refractivity contribution in [1.82, 2.24) is 29.4 Å². The number of imidazole rings is 1. The Morgan fingerprint density at radius 1 is 1.02 bits per heavy atom. The highest BCUT2D eigenvalue weighted by molar-refractivity contribution is 5.88. The summed E-state index contributed by atoms with van der Waals surface area (Å²) in [5.41, 5.74) is 7.70. The molecule has 0 saturated carbocycles. The number of hydrogen-bond acceptors (Lipinski definition) is 8. The Labute approximate surface area is 251 Å². The van der Waals surface area contributed by atoms with E-state index in [4.69, 9.17) is 9.72 Å². The smallest absolute Gasteiger partial charge is 0.410 e. The maximum absolute atomic E-state index is 12.7. The lowest BCUT2D eigenvalue weighted by Crippen LogP contribution is -2.55. The first-order chi connectivity index (χ1) is 20.5. The highest BCUT2D eigenvalue weighted by Gasteiger charge is 2.31. The van der Waals surface area contributed by atoms with Crippen molar-refractivity contribution in [1.29, 1.82) is 0 Å². The number of nitrogens with zero attached hydrogens (tertiary/aromatic N) is 7. The summed E-state index contributed by atoms with van der Waals surface area (Å²) in [6.07, 6.45) is 3.96. The number of aryl methyl sites for hydroxylation is 2. The number of anilines is 3. The molecular formula is C33H38N8O2. The predicted octanol–water partition coefficient (Wildman–Crippen LogP) is 6.00. The summed E-state index contributed by atoms with van der Waals surface area (Å²) in [7, 11) is 2.01. The Morgan fingerprint density at radius 3 is 2.63 bits per heavy atom. The summed E-state index contributed by atoms with van der Waals surface area (Å²) >= 11 is 0. The molecule has 1 aliphatic rings. The number of aromatic nitrogens is 5. The number of carbonyl (C=O) groups is 1. The van der Waals surface area contributed by atoms with Crippen LogP contribution in [0.15, 0.2) is 61.2 Å². The number of piperazine rings is 1. The zero-order valence-electron chi connectivity index (χ0n) is 25.6. The van der Waals surface area contributed by atoms with E-state index < -0.39 is 5.60 Å². The molecule has 6 rings (SSSR count). The monoisotopic (exact) mass is 578 g/mol. The van der Waals surface area contributed by atoms with Crippen LogP contribution in [0.5, 0.6) is 0 Å². The van der Waals surface area contributed by atoms with Gasteiger partial charge in [-0.3, -0.25) is 0 Å². The summed E-state index contributed by atoms with van der Waals surface area (Å²) in [4.78, 5) is 35.1. The third-order valence-electron chi connectivity index (χ3n) is 7.84. The molecule has 1 fully saturated rings. The van der Waals surface area contributed by atoms with Gasteiger partial charge in [0.1, 0.15) is 23.3 Å². The van der Waals surface area contributed by atoms with Gasteiger partial charge in [0, 0.05) is 38.4 Å². The summed E-state index contributed by atoms with van der Waals surface area (Å²) in [6.45, 7) is 11.7. The van der Waals surface area contributed by atoms with E-state index in [2.05, 4.69) is 68.5 Å². The molecule has 0 bridgehead atoms. The molecule has 3 aromatic heterocycles. The van der Waals surface area contributed by atoms with Crippen LogP contribution in [0.4, 0.5) is 22.1 Å². The zero-order chi connectivity index (χ0) is 30.3. The number of ether oxygens (including phenoxy) is 1. The van der Waals surface area contributed by atoms with E-state index >= 15 is 0 Å². The molecule has 1 saturated heterocycles. The van der Waals surface area contributed by atoms with Gasteiger partial charge in [0.2, 0.25) is 0 Å².